The maximum absolute atomic E-state index is 12.6. The smallest absolute Gasteiger partial charge is 0.348 e. The van der Waals surface area contributed by atoms with Crippen molar-refractivity contribution in [2.75, 3.05) is 12.4 Å². The second-order valence-corrected chi connectivity index (χ2v) is 6.72. The highest BCUT2D eigenvalue weighted by Crippen LogP contribution is 2.49. The normalized spacial score (nSPS) is 15.2. The van der Waals surface area contributed by atoms with Crippen LogP contribution in [0.15, 0.2) is 36.4 Å². The van der Waals surface area contributed by atoms with Gasteiger partial charge in [-0.25, -0.2) is 4.79 Å². The van der Waals surface area contributed by atoms with Gasteiger partial charge < -0.3 is 10.1 Å². The predicted octanol–water partition coefficient (Wildman–Crippen LogP) is 3.86. The van der Waals surface area contributed by atoms with E-state index in [0.29, 0.717) is 14.9 Å². The van der Waals surface area contributed by atoms with Crippen molar-refractivity contribution >= 4 is 39.8 Å². The monoisotopic (exact) mass is 335 g/mol. The molecule has 1 aliphatic rings. The number of anilines is 1. The van der Waals surface area contributed by atoms with Crippen LogP contribution in [0.5, 0.6) is 0 Å². The van der Waals surface area contributed by atoms with E-state index in [9.17, 15) is 9.59 Å². The van der Waals surface area contributed by atoms with Crippen molar-refractivity contribution in [2.24, 2.45) is 0 Å². The van der Waals surface area contributed by atoms with Gasteiger partial charge >= 0.3 is 5.97 Å². The summed E-state index contributed by atoms with van der Waals surface area (Å²) in [4.78, 5) is 24.5. The van der Waals surface area contributed by atoms with Crippen molar-refractivity contribution in [3.63, 3.8) is 0 Å². The molecule has 1 aromatic carbocycles. The van der Waals surface area contributed by atoms with E-state index in [1.807, 2.05) is 18.2 Å². The van der Waals surface area contributed by atoms with Crippen molar-refractivity contribution in [3.8, 4) is 0 Å². The number of nitrogens with one attached hydrogen (secondary N) is 1. The number of esters is 1. The molecule has 0 saturated heterocycles. The second kappa shape index (κ2) is 5.74. The number of carbonyl (C=O) groups is 2. The highest BCUT2D eigenvalue weighted by atomic mass is 35.5. The SMILES string of the molecule is COC(=O)c1ccc(NC(=O)C2(c3cccc(Cl)c3)CC2)s1. The molecule has 3 rings (SSSR count). The average molecular weight is 336 g/mol. The van der Waals surface area contributed by atoms with E-state index in [4.69, 9.17) is 11.6 Å². The topological polar surface area (TPSA) is 55.4 Å². The maximum Gasteiger partial charge on any atom is 0.348 e. The quantitative estimate of drug-likeness (QED) is 0.863. The number of ether oxygens (including phenoxy) is 1. The van der Waals surface area contributed by atoms with Gasteiger partial charge in [-0.1, -0.05) is 23.7 Å². The molecule has 0 unspecified atom stereocenters. The number of rotatable bonds is 4. The zero-order valence-corrected chi connectivity index (χ0v) is 13.5. The first-order valence-corrected chi connectivity index (χ1v) is 8.00. The predicted molar refractivity (Wildman–Crippen MR) is 86.7 cm³/mol. The van der Waals surface area contributed by atoms with Gasteiger partial charge in [-0.15, -0.1) is 11.3 Å². The van der Waals surface area contributed by atoms with Gasteiger partial charge in [0, 0.05) is 5.02 Å². The van der Waals surface area contributed by atoms with Gasteiger partial charge in [-0.3, -0.25) is 4.79 Å². The standard InChI is InChI=1S/C16H14ClNO3S/c1-21-14(19)12-5-6-13(22-12)18-15(20)16(7-8-16)10-3-2-4-11(17)9-10/h2-6,9H,7-8H2,1H3,(H,18,20). The van der Waals surface area contributed by atoms with Crippen LogP contribution >= 0.6 is 22.9 Å². The molecule has 22 heavy (non-hydrogen) atoms. The lowest BCUT2D eigenvalue weighted by atomic mass is 9.95. The zero-order chi connectivity index (χ0) is 15.7. The molecule has 1 heterocycles. The number of hydrogen-bond donors (Lipinski definition) is 1. The molecular weight excluding hydrogens is 322 g/mol. The molecule has 0 radical (unpaired) electrons. The highest BCUT2D eigenvalue weighted by molar-refractivity contribution is 7.18. The Balaban J connectivity index is 1.77. The van der Waals surface area contributed by atoms with E-state index >= 15 is 0 Å². The molecule has 1 N–H and O–H groups in total. The fraction of sp³-hybridized carbons (Fsp3) is 0.250. The van der Waals surface area contributed by atoms with Crippen LogP contribution in [-0.2, 0) is 14.9 Å². The Labute approximate surface area is 137 Å². The summed E-state index contributed by atoms with van der Waals surface area (Å²) in [6.45, 7) is 0. The Bertz CT molecular complexity index is 736. The van der Waals surface area contributed by atoms with Crippen LogP contribution in [0.25, 0.3) is 0 Å². The number of thiophene rings is 1. The van der Waals surface area contributed by atoms with Crippen molar-refractivity contribution in [3.05, 3.63) is 51.9 Å². The minimum Gasteiger partial charge on any atom is -0.465 e. The average Bonchev–Trinajstić information content (AvgIpc) is 3.21. The molecule has 4 nitrogen and oxygen atoms in total. The van der Waals surface area contributed by atoms with Gasteiger partial charge in [-0.2, -0.15) is 0 Å². The molecule has 6 heteroatoms. The molecule has 114 valence electrons. The van der Waals surface area contributed by atoms with E-state index < -0.39 is 11.4 Å². The molecule has 0 spiro atoms. The minimum absolute atomic E-state index is 0.0620. The zero-order valence-electron chi connectivity index (χ0n) is 11.9. The third-order valence-corrected chi connectivity index (χ3v) is 5.01. The van der Waals surface area contributed by atoms with Crippen molar-refractivity contribution in [1.29, 1.82) is 0 Å². The first kappa shape index (κ1) is 15.1. The van der Waals surface area contributed by atoms with Crippen LogP contribution < -0.4 is 5.32 Å². The molecule has 0 bridgehead atoms. The Morgan fingerprint density at radius 2 is 2.05 bits per heavy atom. The summed E-state index contributed by atoms with van der Waals surface area (Å²) in [6.07, 6.45) is 1.60. The molecule has 1 aliphatic carbocycles. The Kier molecular flexibility index (Phi) is 3.93. The molecule has 0 atom stereocenters. The molecular formula is C16H14ClNO3S. The maximum atomic E-state index is 12.6. The van der Waals surface area contributed by atoms with Crippen molar-refractivity contribution in [1.82, 2.24) is 0 Å². The third-order valence-electron chi connectivity index (χ3n) is 3.79. The van der Waals surface area contributed by atoms with E-state index in [2.05, 4.69) is 10.1 Å². The van der Waals surface area contributed by atoms with E-state index in [1.54, 1.807) is 18.2 Å². The summed E-state index contributed by atoms with van der Waals surface area (Å²) in [7, 11) is 1.33. The largest absolute Gasteiger partial charge is 0.465 e. The lowest BCUT2D eigenvalue weighted by molar-refractivity contribution is -0.118. The second-order valence-electron chi connectivity index (χ2n) is 5.20. The Morgan fingerprint density at radius 1 is 1.27 bits per heavy atom. The fourth-order valence-corrected chi connectivity index (χ4v) is 3.41. The van der Waals surface area contributed by atoms with Crippen LogP contribution in [0.2, 0.25) is 5.02 Å². The summed E-state index contributed by atoms with van der Waals surface area (Å²) in [5.41, 5.74) is 0.433. The summed E-state index contributed by atoms with van der Waals surface area (Å²) in [6, 6.07) is 10.8. The highest BCUT2D eigenvalue weighted by Gasteiger charge is 2.51. The van der Waals surface area contributed by atoms with Crippen LogP contribution in [0.3, 0.4) is 0 Å². The lowest BCUT2D eigenvalue weighted by Crippen LogP contribution is -2.27. The number of benzene rings is 1. The summed E-state index contributed by atoms with van der Waals surface area (Å²) in [5, 5.41) is 4.15. The molecule has 1 fully saturated rings. The van der Waals surface area contributed by atoms with Gasteiger partial charge in [0.15, 0.2) is 0 Å². The third kappa shape index (κ3) is 2.74. The number of hydrogen-bond acceptors (Lipinski definition) is 4. The lowest BCUT2D eigenvalue weighted by Gasteiger charge is -2.15. The van der Waals surface area contributed by atoms with E-state index in [1.165, 1.54) is 18.4 Å². The molecule has 2 aromatic rings. The van der Waals surface area contributed by atoms with Crippen molar-refractivity contribution < 1.29 is 14.3 Å². The van der Waals surface area contributed by atoms with Crippen molar-refractivity contribution in [2.45, 2.75) is 18.3 Å². The van der Waals surface area contributed by atoms with Gasteiger partial charge in [0.25, 0.3) is 0 Å². The summed E-state index contributed by atoms with van der Waals surface area (Å²) in [5.74, 6) is -0.463. The van der Waals surface area contributed by atoms with Crippen LogP contribution in [-0.4, -0.2) is 19.0 Å². The Morgan fingerprint density at radius 3 is 2.68 bits per heavy atom. The first-order chi connectivity index (χ1) is 10.5. The molecule has 1 aromatic heterocycles. The summed E-state index contributed by atoms with van der Waals surface area (Å²) < 4.78 is 4.66. The van der Waals surface area contributed by atoms with Crippen LogP contribution in [0, 0.1) is 0 Å². The number of halogens is 1. The van der Waals surface area contributed by atoms with Gasteiger partial charge in [-0.05, 0) is 42.7 Å². The molecule has 1 saturated carbocycles. The Hall–Kier alpha value is -1.85. The number of methoxy groups -OCH3 is 1. The van der Waals surface area contributed by atoms with Crippen LogP contribution in [0.4, 0.5) is 5.00 Å². The molecule has 0 aliphatic heterocycles. The van der Waals surface area contributed by atoms with Gasteiger partial charge in [0.05, 0.1) is 17.5 Å². The van der Waals surface area contributed by atoms with Gasteiger partial charge in [0.1, 0.15) is 4.88 Å². The van der Waals surface area contributed by atoms with E-state index in [0.717, 1.165) is 18.4 Å². The minimum atomic E-state index is -0.500. The fourth-order valence-electron chi connectivity index (χ4n) is 2.40. The van der Waals surface area contributed by atoms with Gasteiger partial charge in [0.2, 0.25) is 5.91 Å². The first-order valence-electron chi connectivity index (χ1n) is 6.81. The van der Waals surface area contributed by atoms with Crippen LogP contribution in [0.1, 0.15) is 28.1 Å². The number of amides is 1. The molecule has 1 amide bonds. The number of carbonyl (C=O) groups excluding carboxylic acids is 2. The summed E-state index contributed by atoms with van der Waals surface area (Å²) >= 11 is 7.22. The van der Waals surface area contributed by atoms with E-state index in [-0.39, 0.29) is 5.91 Å².